The Balaban J connectivity index is 2.38. The molecule has 0 radical (unpaired) electrons. The second-order valence-corrected chi connectivity index (χ2v) is 4.55. The maximum absolute atomic E-state index is 5.18. The van der Waals surface area contributed by atoms with Gasteiger partial charge < -0.3 is 10.1 Å². The van der Waals surface area contributed by atoms with Crippen LogP contribution in [0.5, 0.6) is 5.75 Å². The second kappa shape index (κ2) is 7.36. The SMILES string of the molecule is C=C(CNCC)CSc1cccc(OC)c1. The fourth-order valence-corrected chi connectivity index (χ4v) is 2.08. The first-order chi connectivity index (χ1) is 7.76. The number of nitrogens with one attached hydrogen (secondary N) is 1. The van der Waals surface area contributed by atoms with Crippen molar-refractivity contribution in [2.45, 2.75) is 11.8 Å². The highest BCUT2D eigenvalue weighted by atomic mass is 32.2. The van der Waals surface area contributed by atoms with E-state index in [1.165, 1.54) is 10.5 Å². The normalized spacial score (nSPS) is 10.1. The van der Waals surface area contributed by atoms with Crippen molar-refractivity contribution in [1.82, 2.24) is 5.32 Å². The third-order valence-electron chi connectivity index (χ3n) is 2.11. The average Bonchev–Trinajstić information content (AvgIpc) is 2.34. The van der Waals surface area contributed by atoms with Crippen molar-refractivity contribution in [3.63, 3.8) is 0 Å². The van der Waals surface area contributed by atoms with Crippen LogP contribution >= 0.6 is 11.8 Å². The van der Waals surface area contributed by atoms with Crippen LogP contribution in [-0.4, -0.2) is 26.0 Å². The molecule has 3 heteroatoms. The van der Waals surface area contributed by atoms with E-state index in [0.29, 0.717) is 0 Å². The summed E-state index contributed by atoms with van der Waals surface area (Å²) in [4.78, 5) is 1.22. The molecule has 0 saturated heterocycles. The van der Waals surface area contributed by atoms with Crippen LogP contribution in [0, 0.1) is 0 Å². The van der Waals surface area contributed by atoms with Crippen LogP contribution in [0.2, 0.25) is 0 Å². The number of likely N-dealkylation sites (N-methyl/N-ethyl adjacent to an activating group) is 1. The number of ether oxygens (including phenoxy) is 1. The largest absolute Gasteiger partial charge is 0.497 e. The minimum Gasteiger partial charge on any atom is -0.497 e. The van der Waals surface area contributed by atoms with Crippen molar-refractivity contribution in [3.05, 3.63) is 36.4 Å². The lowest BCUT2D eigenvalue weighted by Gasteiger charge is -2.07. The molecule has 88 valence electrons. The number of hydrogen-bond donors (Lipinski definition) is 1. The zero-order valence-corrected chi connectivity index (χ0v) is 10.8. The van der Waals surface area contributed by atoms with Gasteiger partial charge in [0.15, 0.2) is 0 Å². The summed E-state index contributed by atoms with van der Waals surface area (Å²) in [5.74, 6) is 1.85. The highest BCUT2D eigenvalue weighted by Gasteiger charge is 1.98. The molecule has 0 unspecified atom stereocenters. The number of thioether (sulfide) groups is 1. The maximum Gasteiger partial charge on any atom is 0.119 e. The van der Waals surface area contributed by atoms with Crippen molar-refractivity contribution >= 4 is 11.8 Å². The van der Waals surface area contributed by atoms with Gasteiger partial charge in [0.1, 0.15) is 5.75 Å². The summed E-state index contributed by atoms with van der Waals surface area (Å²) in [7, 11) is 1.69. The molecule has 0 atom stereocenters. The van der Waals surface area contributed by atoms with E-state index in [-0.39, 0.29) is 0 Å². The highest BCUT2D eigenvalue weighted by Crippen LogP contribution is 2.23. The summed E-state index contributed by atoms with van der Waals surface area (Å²) in [6.07, 6.45) is 0. The van der Waals surface area contributed by atoms with Gasteiger partial charge >= 0.3 is 0 Å². The van der Waals surface area contributed by atoms with Crippen molar-refractivity contribution < 1.29 is 4.74 Å². The van der Waals surface area contributed by atoms with Crippen LogP contribution in [0.1, 0.15) is 6.92 Å². The van der Waals surface area contributed by atoms with Crippen LogP contribution < -0.4 is 10.1 Å². The van der Waals surface area contributed by atoms with Gasteiger partial charge in [0.25, 0.3) is 0 Å². The fraction of sp³-hybridized carbons (Fsp3) is 0.385. The van der Waals surface area contributed by atoms with Crippen molar-refractivity contribution in [1.29, 1.82) is 0 Å². The van der Waals surface area contributed by atoms with Gasteiger partial charge in [-0.25, -0.2) is 0 Å². The third-order valence-corrected chi connectivity index (χ3v) is 3.25. The Morgan fingerprint density at radius 1 is 1.50 bits per heavy atom. The van der Waals surface area contributed by atoms with E-state index in [2.05, 4.69) is 24.9 Å². The van der Waals surface area contributed by atoms with Crippen LogP contribution in [-0.2, 0) is 0 Å². The number of benzene rings is 1. The molecular weight excluding hydrogens is 218 g/mol. The lowest BCUT2D eigenvalue weighted by molar-refractivity contribution is 0.413. The van der Waals surface area contributed by atoms with Gasteiger partial charge in [0.2, 0.25) is 0 Å². The lowest BCUT2D eigenvalue weighted by Crippen LogP contribution is -2.16. The molecule has 0 amide bonds. The van der Waals surface area contributed by atoms with Gasteiger partial charge in [-0.05, 0) is 24.7 Å². The van der Waals surface area contributed by atoms with E-state index in [9.17, 15) is 0 Å². The van der Waals surface area contributed by atoms with Gasteiger partial charge in [0, 0.05) is 17.2 Å². The molecule has 0 aliphatic carbocycles. The predicted molar refractivity (Wildman–Crippen MR) is 71.4 cm³/mol. The van der Waals surface area contributed by atoms with Crippen molar-refractivity contribution in [2.24, 2.45) is 0 Å². The van der Waals surface area contributed by atoms with Crippen molar-refractivity contribution in [3.8, 4) is 5.75 Å². The summed E-state index contributed by atoms with van der Waals surface area (Å²) in [5, 5.41) is 3.27. The Morgan fingerprint density at radius 3 is 3.00 bits per heavy atom. The molecule has 1 N–H and O–H groups in total. The van der Waals surface area contributed by atoms with E-state index in [4.69, 9.17) is 4.74 Å². The van der Waals surface area contributed by atoms with E-state index in [0.717, 1.165) is 24.6 Å². The molecule has 1 rings (SSSR count). The molecule has 0 aliphatic heterocycles. The molecule has 16 heavy (non-hydrogen) atoms. The summed E-state index contributed by atoms with van der Waals surface area (Å²) in [5.41, 5.74) is 1.22. The lowest BCUT2D eigenvalue weighted by atomic mass is 10.3. The van der Waals surface area contributed by atoms with E-state index in [1.54, 1.807) is 18.9 Å². The molecule has 1 aromatic rings. The maximum atomic E-state index is 5.18. The minimum atomic E-state index is 0.896. The van der Waals surface area contributed by atoms with Gasteiger partial charge in [-0.3, -0.25) is 0 Å². The first-order valence-electron chi connectivity index (χ1n) is 5.40. The molecule has 0 saturated carbocycles. The zero-order chi connectivity index (χ0) is 11.8. The van der Waals surface area contributed by atoms with Gasteiger partial charge in [-0.1, -0.05) is 25.1 Å². The van der Waals surface area contributed by atoms with Crippen LogP contribution in [0.15, 0.2) is 41.3 Å². The Hall–Kier alpha value is -0.930. The number of methoxy groups -OCH3 is 1. The van der Waals surface area contributed by atoms with E-state index in [1.807, 2.05) is 18.2 Å². The molecular formula is C13H19NOS. The first-order valence-corrected chi connectivity index (χ1v) is 6.39. The summed E-state index contributed by atoms with van der Waals surface area (Å²) >= 11 is 1.79. The van der Waals surface area contributed by atoms with Crippen LogP contribution in [0.4, 0.5) is 0 Å². The number of hydrogen-bond acceptors (Lipinski definition) is 3. The minimum absolute atomic E-state index is 0.896. The van der Waals surface area contributed by atoms with Crippen LogP contribution in [0.3, 0.4) is 0 Å². The molecule has 1 aromatic carbocycles. The molecule has 0 fully saturated rings. The quantitative estimate of drug-likeness (QED) is 0.582. The van der Waals surface area contributed by atoms with E-state index < -0.39 is 0 Å². The topological polar surface area (TPSA) is 21.3 Å². The summed E-state index contributed by atoms with van der Waals surface area (Å²) in [6, 6.07) is 8.10. The zero-order valence-electron chi connectivity index (χ0n) is 9.95. The molecule has 2 nitrogen and oxygen atoms in total. The van der Waals surface area contributed by atoms with Gasteiger partial charge in [-0.15, -0.1) is 11.8 Å². The first kappa shape index (κ1) is 13.1. The fourth-order valence-electron chi connectivity index (χ4n) is 1.23. The number of rotatable bonds is 7. The summed E-state index contributed by atoms with van der Waals surface area (Å²) < 4.78 is 5.18. The summed E-state index contributed by atoms with van der Waals surface area (Å²) in [6.45, 7) is 8.02. The monoisotopic (exact) mass is 237 g/mol. The van der Waals surface area contributed by atoms with E-state index >= 15 is 0 Å². The van der Waals surface area contributed by atoms with Gasteiger partial charge in [-0.2, -0.15) is 0 Å². The molecule has 0 aliphatic rings. The highest BCUT2D eigenvalue weighted by molar-refractivity contribution is 7.99. The molecule has 0 spiro atoms. The standard InChI is InChI=1S/C13H19NOS/c1-4-14-9-11(2)10-16-13-7-5-6-12(8-13)15-3/h5-8,14H,2,4,9-10H2,1,3H3. The Kier molecular flexibility index (Phi) is 6.04. The smallest absolute Gasteiger partial charge is 0.119 e. The molecule has 0 aromatic heterocycles. The van der Waals surface area contributed by atoms with Crippen molar-refractivity contribution in [2.75, 3.05) is 26.0 Å². The Bertz CT molecular complexity index is 338. The average molecular weight is 237 g/mol. The van der Waals surface area contributed by atoms with Crippen LogP contribution in [0.25, 0.3) is 0 Å². The Labute approximate surface area is 102 Å². The third kappa shape index (κ3) is 4.73. The molecule has 0 bridgehead atoms. The Morgan fingerprint density at radius 2 is 2.31 bits per heavy atom. The predicted octanol–water partition coefficient (Wildman–Crippen LogP) is 2.95. The second-order valence-electron chi connectivity index (χ2n) is 3.50. The molecule has 0 heterocycles. The van der Waals surface area contributed by atoms with Gasteiger partial charge in [0.05, 0.1) is 7.11 Å².